The van der Waals surface area contributed by atoms with Gasteiger partial charge in [0, 0.05) is 25.8 Å². The largest absolute Gasteiger partial charge is 0.447 e. The van der Waals surface area contributed by atoms with Gasteiger partial charge in [0.1, 0.15) is 12.4 Å². The zero-order valence-corrected chi connectivity index (χ0v) is 12.7. The molecule has 2 rings (SSSR count). The molecular formula is C15H23N3O3. The second kappa shape index (κ2) is 7.26. The van der Waals surface area contributed by atoms with Crippen molar-refractivity contribution in [2.45, 2.75) is 26.3 Å². The van der Waals surface area contributed by atoms with Gasteiger partial charge in [0.25, 0.3) is 0 Å². The molecule has 1 aromatic rings. The molecule has 1 unspecified atom stereocenters. The van der Waals surface area contributed by atoms with Crippen molar-refractivity contribution in [1.82, 2.24) is 9.88 Å². The second-order valence-electron chi connectivity index (χ2n) is 5.21. The Hall–Kier alpha value is -1.82. The third-order valence-electron chi connectivity index (χ3n) is 3.72. The van der Waals surface area contributed by atoms with E-state index >= 15 is 0 Å². The lowest BCUT2D eigenvalue weighted by Crippen LogP contribution is -2.42. The molecule has 1 atom stereocenters. The van der Waals surface area contributed by atoms with Crippen LogP contribution < -0.4 is 4.90 Å². The van der Waals surface area contributed by atoms with Crippen molar-refractivity contribution in [3.05, 3.63) is 23.9 Å². The molecule has 21 heavy (non-hydrogen) atoms. The predicted octanol–water partition coefficient (Wildman–Crippen LogP) is 1.42. The van der Waals surface area contributed by atoms with E-state index in [0.29, 0.717) is 6.54 Å². The number of hydrogen-bond donors (Lipinski definition) is 1. The zero-order valence-electron chi connectivity index (χ0n) is 12.7. The van der Waals surface area contributed by atoms with Crippen molar-refractivity contribution in [3.8, 4) is 0 Å². The van der Waals surface area contributed by atoms with Crippen LogP contribution in [0.3, 0.4) is 0 Å². The van der Waals surface area contributed by atoms with Gasteiger partial charge in [-0.15, -0.1) is 0 Å². The third kappa shape index (κ3) is 3.85. The van der Waals surface area contributed by atoms with Crippen LogP contribution in [0.5, 0.6) is 0 Å². The van der Waals surface area contributed by atoms with E-state index in [-0.39, 0.29) is 25.3 Å². The third-order valence-corrected chi connectivity index (χ3v) is 3.72. The van der Waals surface area contributed by atoms with Crippen LogP contribution in [-0.4, -0.2) is 60.0 Å². The summed E-state index contributed by atoms with van der Waals surface area (Å²) in [6.07, 6.45) is 2.41. The van der Waals surface area contributed by atoms with Gasteiger partial charge in [-0.25, -0.2) is 9.78 Å². The Morgan fingerprint density at radius 3 is 3.00 bits per heavy atom. The molecular weight excluding hydrogens is 270 g/mol. The van der Waals surface area contributed by atoms with E-state index in [0.717, 1.165) is 30.9 Å². The summed E-state index contributed by atoms with van der Waals surface area (Å²) in [5, 5.41) is 8.74. The molecule has 1 saturated heterocycles. The Labute approximate surface area is 125 Å². The Morgan fingerprint density at radius 1 is 1.57 bits per heavy atom. The lowest BCUT2D eigenvalue weighted by atomic mass is 10.2. The van der Waals surface area contributed by atoms with Crippen LogP contribution >= 0.6 is 0 Å². The fourth-order valence-corrected chi connectivity index (χ4v) is 2.60. The fourth-order valence-electron chi connectivity index (χ4n) is 2.60. The van der Waals surface area contributed by atoms with E-state index < -0.39 is 0 Å². The molecule has 1 aromatic heterocycles. The Balaban J connectivity index is 1.96. The first kappa shape index (κ1) is 15.6. The predicted molar refractivity (Wildman–Crippen MR) is 80.4 cm³/mol. The highest BCUT2D eigenvalue weighted by Gasteiger charge is 2.31. The number of ether oxygens (including phenoxy) is 1. The summed E-state index contributed by atoms with van der Waals surface area (Å²) in [5.41, 5.74) is 1.14. The summed E-state index contributed by atoms with van der Waals surface area (Å²) in [4.78, 5) is 20.3. The molecule has 0 saturated carbocycles. The number of nitrogens with zero attached hydrogens (tertiary/aromatic N) is 3. The van der Waals surface area contributed by atoms with Crippen LogP contribution in [0, 0.1) is 6.92 Å². The molecule has 0 aromatic carbocycles. The first-order chi connectivity index (χ1) is 10.2. The monoisotopic (exact) mass is 293 g/mol. The molecule has 0 spiro atoms. The average molecular weight is 293 g/mol. The van der Waals surface area contributed by atoms with Gasteiger partial charge < -0.3 is 19.6 Å². The number of anilines is 1. The van der Waals surface area contributed by atoms with Gasteiger partial charge in [0.15, 0.2) is 0 Å². The summed E-state index contributed by atoms with van der Waals surface area (Å²) in [5.74, 6) is 0.947. The van der Waals surface area contributed by atoms with E-state index in [1.807, 2.05) is 32.2 Å². The van der Waals surface area contributed by atoms with Gasteiger partial charge in [0.2, 0.25) is 0 Å². The van der Waals surface area contributed by atoms with Crippen molar-refractivity contribution < 1.29 is 14.6 Å². The highest BCUT2D eigenvalue weighted by Crippen LogP contribution is 2.22. The van der Waals surface area contributed by atoms with Gasteiger partial charge in [-0.2, -0.15) is 0 Å². The highest BCUT2D eigenvalue weighted by molar-refractivity contribution is 5.68. The number of likely N-dealkylation sites (N-methyl/N-ethyl adjacent to an activating group) is 1. The number of amides is 1. The molecule has 2 heterocycles. The molecule has 116 valence electrons. The van der Waals surface area contributed by atoms with Crippen LogP contribution in [0.2, 0.25) is 0 Å². The smallest absolute Gasteiger partial charge is 0.410 e. The summed E-state index contributed by atoms with van der Waals surface area (Å²) >= 11 is 0. The minimum atomic E-state index is -0.352. The van der Waals surface area contributed by atoms with Crippen molar-refractivity contribution >= 4 is 11.9 Å². The number of aromatic nitrogens is 1. The molecule has 1 amide bonds. The number of carbonyl (C=O) groups excluding carboxylic acids is 1. The minimum absolute atomic E-state index is 0.0469. The van der Waals surface area contributed by atoms with Gasteiger partial charge in [0.05, 0.1) is 12.6 Å². The van der Waals surface area contributed by atoms with Gasteiger partial charge in [-0.1, -0.05) is 6.07 Å². The number of aryl methyl sites for hydroxylation is 1. The van der Waals surface area contributed by atoms with E-state index in [1.54, 1.807) is 4.90 Å². The second-order valence-corrected chi connectivity index (χ2v) is 5.21. The highest BCUT2D eigenvalue weighted by atomic mass is 16.6. The molecule has 6 heteroatoms. The quantitative estimate of drug-likeness (QED) is 0.889. The lowest BCUT2D eigenvalue weighted by molar-refractivity contribution is 0.0754. The minimum Gasteiger partial charge on any atom is -0.447 e. The number of rotatable bonds is 5. The molecule has 6 nitrogen and oxygen atoms in total. The summed E-state index contributed by atoms with van der Waals surface area (Å²) < 4.78 is 5.02. The maximum Gasteiger partial charge on any atom is 0.410 e. The maximum atomic E-state index is 12.0. The summed E-state index contributed by atoms with van der Waals surface area (Å²) in [7, 11) is 0. The van der Waals surface area contributed by atoms with Crippen LogP contribution in [0.15, 0.2) is 18.3 Å². The Morgan fingerprint density at radius 2 is 2.38 bits per heavy atom. The SMILES string of the molecule is CCN(C(=O)OCCO)C1CCN(c2ccc(C)cn2)C1. The molecule has 1 fully saturated rings. The summed E-state index contributed by atoms with van der Waals surface area (Å²) in [6, 6.07) is 4.19. The number of aliphatic hydroxyl groups excluding tert-OH is 1. The van der Waals surface area contributed by atoms with Crippen LogP contribution in [-0.2, 0) is 4.74 Å². The Kier molecular flexibility index (Phi) is 5.38. The molecule has 0 bridgehead atoms. The van der Waals surface area contributed by atoms with Gasteiger partial charge in [-0.3, -0.25) is 0 Å². The molecule has 1 aliphatic rings. The topological polar surface area (TPSA) is 65.9 Å². The van der Waals surface area contributed by atoms with Crippen LogP contribution in [0.25, 0.3) is 0 Å². The molecule has 0 radical (unpaired) electrons. The molecule has 0 aliphatic carbocycles. The number of aliphatic hydroxyl groups is 1. The standard InChI is InChI=1S/C15H23N3O3/c1-3-18(15(20)21-9-8-19)13-6-7-17(11-13)14-5-4-12(2)10-16-14/h4-5,10,13,19H,3,6-9,11H2,1-2H3. The normalized spacial score (nSPS) is 17.9. The molecule has 1 aliphatic heterocycles. The number of carbonyl (C=O) groups is 1. The van der Waals surface area contributed by atoms with Crippen molar-refractivity contribution in [2.75, 3.05) is 37.7 Å². The maximum absolute atomic E-state index is 12.0. The van der Waals surface area contributed by atoms with Crippen molar-refractivity contribution in [1.29, 1.82) is 0 Å². The number of hydrogen-bond acceptors (Lipinski definition) is 5. The van der Waals surface area contributed by atoms with E-state index in [9.17, 15) is 4.79 Å². The van der Waals surface area contributed by atoms with Crippen LogP contribution in [0.4, 0.5) is 10.6 Å². The van der Waals surface area contributed by atoms with E-state index in [2.05, 4.69) is 9.88 Å². The van der Waals surface area contributed by atoms with Gasteiger partial charge in [-0.05, 0) is 31.9 Å². The van der Waals surface area contributed by atoms with E-state index in [1.165, 1.54) is 0 Å². The first-order valence-corrected chi connectivity index (χ1v) is 7.37. The summed E-state index contributed by atoms with van der Waals surface area (Å²) in [6.45, 7) is 6.10. The van der Waals surface area contributed by atoms with Gasteiger partial charge >= 0.3 is 6.09 Å². The zero-order chi connectivity index (χ0) is 15.2. The number of pyridine rings is 1. The lowest BCUT2D eigenvalue weighted by Gasteiger charge is -2.27. The van der Waals surface area contributed by atoms with Crippen LogP contribution in [0.1, 0.15) is 18.9 Å². The van der Waals surface area contributed by atoms with E-state index in [4.69, 9.17) is 9.84 Å². The fraction of sp³-hybridized carbons (Fsp3) is 0.600. The van der Waals surface area contributed by atoms with Crippen molar-refractivity contribution in [2.24, 2.45) is 0 Å². The van der Waals surface area contributed by atoms with Crippen molar-refractivity contribution in [3.63, 3.8) is 0 Å². The average Bonchev–Trinajstić information content (AvgIpc) is 2.96. The Bertz CT molecular complexity index is 464. The molecule has 1 N–H and O–H groups in total. The first-order valence-electron chi connectivity index (χ1n) is 7.37.